The molecule has 18 heavy (non-hydrogen) atoms. The molecule has 0 saturated heterocycles. The predicted molar refractivity (Wildman–Crippen MR) is 83.5 cm³/mol. The van der Waals surface area contributed by atoms with Gasteiger partial charge >= 0.3 is 0 Å². The summed E-state index contributed by atoms with van der Waals surface area (Å²) in [6.07, 6.45) is 0. The van der Waals surface area contributed by atoms with Gasteiger partial charge in [-0.2, -0.15) is 0 Å². The van der Waals surface area contributed by atoms with E-state index in [-0.39, 0.29) is 0 Å². The SMILES string of the molecule is Sc1ccc(C(Cl)(Cl)Cl)cc1Sc1ccccc1. The van der Waals surface area contributed by atoms with Gasteiger partial charge in [-0.05, 0) is 24.3 Å². The van der Waals surface area contributed by atoms with Crippen molar-refractivity contribution in [2.24, 2.45) is 0 Å². The normalized spacial score (nSPS) is 11.6. The summed E-state index contributed by atoms with van der Waals surface area (Å²) in [5.74, 6) is 0. The van der Waals surface area contributed by atoms with Crippen LogP contribution in [0.25, 0.3) is 0 Å². The summed E-state index contributed by atoms with van der Waals surface area (Å²) < 4.78 is -1.41. The molecule has 0 heterocycles. The topological polar surface area (TPSA) is 0 Å². The van der Waals surface area contributed by atoms with Crippen molar-refractivity contribution in [3.8, 4) is 0 Å². The molecule has 0 aromatic heterocycles. The van der Waals surface area contributed by atoms with E-state index in [1.54, 1.807) is 17.8 Å². The van der Waals surface area contributed by atoms with Gasteiger partial charge in [-0.15, -0.1) is 12.6 Å². The molecule has 0 atom stereocenters. The molecular formula is C13H9Cl3S2. The second kappa shape index (κ2) is 5.98. The lowest BCUT2D eigenvalue weighted by Crippen LogP contribution is -1.99. The molecule has 0 N–H and O–H groups in total. The third kappa shape index (κ3) is 3.75. The van der Waals surface area contributed by atoms with Crippen LogP contribution in [0.3, 0.4) is 0 Å². The Morgan fingerprint density at radius 3 is 2.22 bits per heavy atom. The van der Waals surface area contributed by atoms with Gasteiger partial charge in [-0.3, -0.25) is 0 Å². The van der Waals surface area contributed by atoms with E-state index in [0.717, 1.165) is 14.7 Å². The molecule has 0 aliphatic rings. The van der Waals surface area contributed by atoms with Crippen LogP contribution in [0.5, 0.6) is 0 Å². The molecule has 2 aromatic rings. The second-order valence-corrected chi connectivity index (χ2v) is 7.47. The van der Waals surface area contributed by atoms with Crippen molar-refractivity contribution in [2.75, 3.05) is 0 Å². The standard InChI is InChI=1S/C13H9Cl3S2/c14-13(15,16)9-6-7-11(17)12(8-9)18-10-4-2-1-3-5-10/h1-8,17H. The molecule has 0 saturated carbocycles. The van der Waals surface area contributed by atoms with E-state index < -0.39 is 3.79 Å². The van der Waals surface area contributed by atoms with Crippen molar-refractivity contribution in [3.05, 3.63) is 54.1 Å². The number of thiol groups is 1. The highest BCUT2D eigenvalue weighted by Crippen LogP contribution is 2.41. The summed E-state index contributed by atoms with van der Waals surface area (Å²) in [6.45, 7) is 0. The lowest BCUT2D eigenvalue weighted by atomic mass is 10.2. The van der Waals surface area contributed by atoms with Crippen LogP contribution in [0.2, 0.25) is 0 Å². The Balaban J connectivity index is 2.33. The first kappa shape index (κ1) is 14.4. The Bertz CT molecular complexity index is 536. The Morgan fingerprint density at radius 1 is 0.944 bits per heavy atom. The zero-order valence-electron chi connectivity index (χ0n) is 9.11. The van der Waals surface area contributed by atoms with Gasteiger partial charge < -0.3 is 0 Å². The molecule has 0 aliphatic carbocycles. The molecule has 5 heteroatoms. The Kier molecular flexibility index (Phi) is 4.79. The summed E-state index contributed by atoms with van der Waals surface area (Å²) in [4.78, 5) is 2.95. The fraction of sp³-hybridized carbons (Fsp3) is 0.0769. The smallest absolute Gasteiger partial charge is 0.142 e. The fourth-order valence-corrected chi connectivity index (χ4v) is 2.92. The summed E-state index contributed by atoms with van der Waals surface area (Å²) in [5, 5.41) is 0. The maximum atomic E-state index is 5.88. The number of rotatable bonds is 2. The minimum absolute atomic E-state index is 0.642. The zero-order valence-corrected chi connectivity index (χ0v) is 13.1. The quantitative estimate of drug-likeness (QED) is 0.522. The predicted octanol–water partition coefficient (Wildman–Crippen LogP) is 5.95. The molecule has 94 valence electrons. The first-order chi connectivity index (χ1) is 8.47. The van der Waals surface area contributed by atoms with Crippen LogP contribution in [0.15, 0.2) is 63.2 Å². The molecule has 0 fully saturated rings. The van der Waals surface area contributed by atoms with E-state index in [1.165, 1.54) is 0 Å². The lowest BCUT2D eigenvalue weighted by molar-refractivity contribution is 1.15. The van der Waals surface area contributed by atoms with Gasteiger partial charge in [0.25, 0.3) is 0 Å². The third-order valence-electron chi connectivity index (χ3n) is 2.26. The molecule has 0 aliphatic heterocycles. The van der Waals surface area contributed by atoms with E-state index in [0.29, 0.717) is 5.56 Å². The first-order valence-electron chi connectivity index (χ1n) is 5.10. The number of benzene rings is 2. The van der Waals surface area contributed by atoms with Crippen molar-refractivity contribution in [1.82, 2.24) is 0 Å². The monoisotopic (exact) mass is 334 g/mol. The molecule has 0 unspecified atom stereocenters. The van der Waals surface area contributed by atoms with E-state index in [1.807, 2.05) is 42.5 Å². The maximum Gasteiger partial charge on any atom is 0.216 e. The van der Waals surface area contributed by atoms with Gasteiger partial charge in [0, 0.05) is 20.2 Å². The van der Waals surface area contributed by atoms with Crippen molar-refractivity contribution >= 4 is 59.2 Å². The van der Waals surface area contributed by atoms with E-state index in [9.17, 15) is 0 Å². The van der Waals surface area contributed by atoms with Gasteiger partial charge in [0.2, 0.25) is 3.79 Å². The van der Waals surface area contributed by atoms with Gasteiger partial charge in [0.1, 0.15) is 0 Å². The lowest BCUT2D eigenvalue weighted by Gasteiger charge is -2.14. The van der Waals surface area contributed by atoms with Crippen LogP contribution in [0, 0.1) is 0 Å². The molecule has 0 nitrogen and oxygen atoms in total. The second-order valence-electron chi connectivity index (χ2n) is 3.60. The minimum atomic E-state index is -1.41. The number of alkyl halides is 3. The number of halogens is 3. The minimum Gasteiger partial charge on any atom is -0.142 e. The van der Waals surface area contributed by atoms with Crippen LogP contribution < -0.4 is 0 Å². The van der Waals surface area contributed by atoms with Crippen LogP contribution in [0.4, 0.5) is 0 Å². The third-order valence-corrected chi connectivity index (χ3v) is 4.52. The highest BCUT2D eigenvalue weighted by molar-refractivity contribution is 7.99. The van der Waals surface area contributed by atoms with E-state index >= 15 is 0 Å². The van der Waals surface area contributed by atoms with Crippen LogP contribution in [-0.4, -0.2) is 0 Å². The molecule has 2 rings (SSSR count). The van der Waals surface area contributed by atoms with E-state index in [4.69, 9.17) is 34.8 Å². The van der Waals surface area contributed by atoms with Gasteiger partial charge in [0.05, 0.1) is 0 Å². The zero-order chi connectivity index (χ0) is 13.2. The fourth-order valence-electron chi connectivity index (χ4n) is 1.39. The van der Waals surface area contributed by atoms with Gasteiger partial charge in [-0.25, -0.2) is 0 Å². The molecule has 2 aromatic carbocycles. The van der Waals surface area contributed by atoms with Crippen LogP contribution in [-0.2, 0) is 3.79 Å². The summed E-state index contributed by atoms with van der Waals surface area (Å²) in [5.41, 5.74) is 0.642. The highest BCUT2D eigenvalue weighted by Gasteiger charge is 2.23. The molecule has 0 spiro atoms. The van der Waals surface area contributed by atoms with Gasteiger partial charge in [-0.1, -0.05) is 70.8 Å². The van der Waals surface area contributed by atoms with Crippen LogP contribution >= 0.6 is 59.2 Å². The summed E-state index contributed by atoms with van der Waals surface area (Å²) in [7, 11) is 0. The Morgan fingerprint density at radius 2 is 1.61 bits per heavy atom. The number of hydrogen-bond donors (Lipinski definition) is 1. The summed E-state index contributed by atoms with van der Waals surface area (Å²) >= 11 is 23.7. The van der Waals surface area contributed by atoms with Crippen molar-refractivity contribution in [1.29, 1.82) is 0 Å². The van der Waals surface area contributed by atoms with Crippen molar-refractivity contribution in [2.45, 2.75) is 18.5 Å². The molecule has 0 bridgehead atoms. The molecule has 0 radical (unpaired) electrons. The Labute approximate surface area is 131 Å². The number of hydrogen-bond acceptors (Lipinski definition) is 2. The molecular weight excluding hydrogens is 327 g/mol. The van der Waals surface area contributed by atoms with Crippen molar-refractivity contribution in [3.63, 3.8) is 0 Å². The van der Waals surface area contributed by atoms with Crippen LogP contribution in [0.1, 0.15) is 5.56 Å². The summed E-state index contributed by atoms with van der Waals surface area (Å²) in [6, 6.07) is 15.5. The largest absolute Gasteiger partial charge is 0.216 e. The van der Waals surface area contributed by atoms with E-state index in [2.05, 4.69) is 12.6 Å². The average Bonchev–Trinajstić information content (AvgIpc) is 2.32. The first-order valence-corrected chi connectivity index (χ1v) is 7.50. The maximum absolute atomic E-state index is 5.88. The van der Waals surface area contributed by atoms with Gasteiger partial charge in [0.15, 0.2) is 0 Å². The molecule has 0 amide bonds. The highest BCUT2D eigenvalue weighted by atomic mass is 35.6. The average molecular weight is 336 g/mol. The van der Waals surface area contributed by atoms with Crippen molar-refractivity contribution < 1.29 is 0 Å². The Hall–Kier alpha value is 0.01000.